The smallest absolute Gasteiger partial charge is 0.236 e. The van der Waals surface area contributed by atoms with Gasteiger partial charge in [-0.2, -0.15) is 0 Å². The van der Waals surface area contributed by atoms with Gasteiger partial charge in [-0.25, -0.2) is 0 Å². The number of nitrogens with two attached hydrogens (primary N) is 1. The topological polar surface area (TPSA) is 58.4 Å². The van der Waals surface area contributed by atoms with Crippen molar-refractivity contribution in [3.8, 4) is 0 Å². The summed E-state index contributed by atoms with van der Waals surface area (Å²) in [6, 6.07) is -0.353. The SMILES string of the molecule is CC(C)CC(N)C(=O)NCCCCN(C)C. The first-order chi connectivity index (χ1) is 7.43. The average molecular weight is 229 g/mol. The maximum absolute atomic E-state index is 11.5. The third-order valence-corrected chi connectivity index (χ3v) is 2.39. The molecule has 4 heteroatoms. The molecule has 3 N–H and O–H groups in total. The summed E-state index contributed by atoms with van der Waals surface area (Å²) in [5.41, 5.74) is 5.76. The van der Waals surface area contributed by atoms with Gasteiger partial charge in [0.15, 0.2) is 0 Å². The van der Waals surface area contributed by atoms with Gasteiger partial charge in [0.25, 0.3) is 0 Å². The van der Waals surface area contributed by atoms with Crippen LogP contribution in [0.1, 0.15) is 33.1 Å². The molecule has 0 fully saturated rings. The van der Waals surface area contributed by atoms with Crippen molar-refractivity contribution < 1.29 is 4.79 Å². The number of nitrogens with one attached hydrogen (secondary N) is 1. The Morgan fingerprint density at radius 1 is 1.31 bits per heavy atom. The Bertz CT molecular complexity index is 193. The van der Waals surface area contributed by atoms with Gasteiger partial charge >= 0.3 is 0 Å². The van der Waals surface area contributed by atoms with E-state index in [1.165, 1.54) is 0 Å². The highest BCUT2D eigenvalue weighted by molar-refractivity contribution is 5.81. The average Bonchev–Trinajstić information content (AvgIpc) is 2.15. The third kappa shape index (κ3) is 8.68. The molecule has 0 aromatic rings. The molecule has 0 aliphatic heterocycles. The molecule has 1 atom stereocenters. The zero-order valence-electron chi connectivity index (χ0n) is 11.1. The molecule has 0 rings (SSSR count). The molecule has 0 aromatic heterocycles. The van der Waals surface area contributed by atoms with Crippen LogP contribution in [0.2, 0.25) is 0 Å². The number of nitrogens with zero attached hydrogens (tertiary/aromatic N) is 1. The molecule has 4 nitrogen and oxygen atoms in total. The number of rotatable bonds is 8. The summed E-state index contributed by atoms with van der Waals surface area (Å²) in [6.07, 6.45) is 2.87. The third-order valence-electron chi connectivity index (χ3n) is 2.39. The summed E-state index contributed by atoms with van der Waals surface area (Å²) in [5, 5.41) is 2.88. The summed E-state index contributed by atoms with van der Waals surface area (Å²) < 4.78 is 0. The van der Waals surface area contributed by atoms with E-state index in [0.717, 1.165) is 32.4 Å². The Hall–Kier alpha value is -0.610. The van der Waals surface area contributed by atoms with E-state index in [9.17, 15) is 4.79 Å². The lowest BCUT2D eigenvalue weighted by molar-refractivity contribution is -0.122. The summed E-state index contributed by atoms with van der Waals surface area (Å²) in [7, 11) is 4.11. The predicted octanol–water partition coefficient (Wildman–Crippen LogP) is 0.818. The van der Waals surface area contributed by atoms with Crippen molar-refractivity contribution in [2.24, 2.45) is 11.7 Å². The second-order valence-corrected chi connectivity index (χ2v) is 5.04. The van der Waals surface area contributed by atoms with Crippen LogP contribution in [0, 0.1) is 5.92 Å². The highest BCUT2D eigenvalue weighted by atomic mass is 16.2. The highest BCUT2D eigenvalue weighted by Gasteiger charge is 2.13. The van der Waals surface area contributed by atoms with Crippen molar-refractivity contribution in [3.63, 3.8) is 0 Å². The fourth-order valence-electron chi connectivity index (χ4n) is 1.51. The lowest BCUT2D eigenvalue weighted by Gasteiger charge is -2.14. The molecular weight excluding hydrogens is 202 g/mol. The van der Waals surface area contributed by atoms with E-state index in [-0.39, 0.29) is 11.9 Å². The van der Waals surface area contributed by atoms with Crippen LogP contribution in [0.3, 0.4) is 0 Å². The van der Waals surface area contributed by atoms with Crippen LogP contribution in [0.15, 0.2) is 0 Å². The monoisotopic (exact) mass is 229 g/mol. The largest absolute Gasteiger partial charge is 0.355 e. The van der Waals surface area contributed by atoms with Gasteiger partial charge in [0, 0.05) is 6.54 Å². The molecule has 0 spiro atoms. The van der Waals surface area contributed by atoms with Gasteiger partial charge in [0.05, 0.1) is 6.04 Å². The minimum atomic E-state index is -0.353. The Morgan fingerprint density at radius 2 is 1.94 bits per heavy atom. The molecule has 0 bridgehead atoms. The minimum absolute atomic E-state index is 0.0152. The van der Waals surface area contributed by atoms with Gasteiger partial charge in [-0.05, 0) is 45.8 Å². The van der Waals surface area contributed by atoms with E-state index in [1.807, 2.05) is 0 Å². The molecule has 1 amide bonds. The number of carbonyl (C=O) groups is 1. The highest BCUT2D eigenvalue weighted by Crippen LogP contribution is 2.02. The normalized spacial score (nSPS) is 13.2. The van der Waals surface area contributed by atoms with Gasteiger partial charge in [-0.15, -0.1) is 0 Å². The number of carbonyl (C=O) groups excluding carboxylic acids is 1. The molecule has 0 radical (unpaired) electrons. The Kier molecular flexibility index (Phi) is 8.21. The zero-order valence-corrected chi connectivity index (χ0v) is 11.1. The molecule has 0 saturated carbocycles. The van der Waals surface area contributed by atoms with Gasteiger partial charge in [0.2, 0.25) is 5.91 Å². The first-order valence-electron chi connectivity index (χ1n) is 6.11. The summed E-state index contributed by atoms with van der Waals surface area (Å²) >= 11 is 0. The molecule has 0 heterocycles. The van der Waals surface area contributed by atoms with Crippen LogP contribution in [-0.4, -0.2) is 44.0 Å². The Labute approximate surface area is 99.6 Å². The van der Waals surface area contributed by atoms with Crippen LogP contribution in [0.5, 0.6) is 0 Å². The Morgan fingerprint density at radius 3 is 2.44 bits per heavy atom. The number of hydrogen-bond acceptors (Lipinski definition) is 3. The Balaban J connectivity index is 3.50. The summed E-state index contributed by atoms with van der Waals surface area (Å²) in [4.78, 5) is 13.7. The summed E-state index contributed by atoms with van der Waals surface area (Å²) in [6.45, 7) is 5.95. The molecule has 0 saturated heterocycles. The van der Waals surface area contributed by atoms with E-state index < -0.39 is 0 Å². The van der Waals surface area contributed by atoms with Crippen LogP contribution < -0.4 is 11.1 Å². The van der Waals surface area contributed by atoms with Gasteiger partial charge in [0.1, 0.15) is 0 Å². The zero-order chi connectivity index (χ0) is 12.6. The number of hydrogen-bond donors (Lipinski definition) is 2. The predicted molar refractivity (Wildman–Crippen MR) is 68.2 cm³/mol. The van der Waals surface area contributed by atoms with E-state index in [1.54, 1.807) is 0 Å². The lowest BCUT2D eigenvalue weighted by atomic mass is 10.0. The maximum atomic E-state index is 11.5. The van der Waals surface area contributed by atoms with E-state index in [2.05, 4.69) is 38.2 Å². The van der Waals surface area contributed by atoms with E-state index in [0.29, 0.717) is 5.92 Å². The fraction of sp³-hybridized carbons (Fsp3) is 0.917. The van der Waals surface area contributed by atoms with Gasteiger partial charge < -0.3 is 16.0 Å². The van der Waals surface area contributed by atoms with Crippen molar-refractivity contribution in [1.82, 2.24) is 10.2 Å². The van der Waals surface area contributed by atoms with Crippen LogP contribution >= 0.6 is 0 Å². The van der Waals surface area contributed by atoms with Crippen molar-refractivity contribution >= 4 is 5.91 Å². The fourth-order valence-corrected chi connectivity index (χ4v) is 1.51. The van der Waals surface area contributed by atoms with E-state index >= 15 is 0 Å². The molecule has 0 aromatic carbocycles. The van der Waals surface area contributed by atoms with Crippen molar-refractivity contribution in [2.45, 2.75) is 39.2 Å². The first-order valence-corrected chi connectivity index (χ1v) is 6.11. The molecule has 96 valence electrons. The van der Waals surface area contributed by atoms with Gasteiger partial charge in [-0.1, -0.05) is 13.8 Å². The quantitative estimate of drug-likeness (QED) is 0.606. The molecule has 0 aliphatic rings. The number of unbranched alkanes of at least 4 members (excludes halogenated alkanes) is 1. The lowest BCUT2D eigenvalue weighted by Crippen LogP contribution is -2.41. The first kappa shape index (κ1) is 15.4. The van der Waals surface area contributed by atoms with Crippen molar-refractivity contribution in [3.05, 3.63) is 0 Å². The van der Waals surface area contributed by atoms with Crippen molar-refractivity contribution in [1.29, 1.82) is 0 Å². The van der Waals surface area contributed by atoms with Crippen LogP contribution in [0.4, 0.5) is 0 Å². The molecular formula is C12H27N3O. The standard InChI is InChI=1S/C12H27N3O/c1-10(2)9-11(13)12(16)14-7-5-6-8-15(3)4/h10-11H,5-9,13H2,1-4H3,(H,14,16). The van der Waals surface area contributed by atoms with Crippen LogP contribution in [0.25, 0.3) is 0 Å². The minimum Gasteiger partial charge on any atom is -0.355 e. The molecule has 0 aliphatic carbocycles. The second-order valence-electron chi connectivity index (χ2n) is 5.04. The van der Waals surface area contributed by atoms with Gasteiger partial charge in [-0.3, -0.25) is 4.79 Å². The number of amides is 1. The molecule has 16 heavy (non-hydrogen) atoms. The molecule has 1 unspecified atom stereocenters. The summed E-state index contributed by atoms with van der Waals surface area (Å²) in [5.74, 6) is 0.452. The van der Waals surface area contributed by atoms with E-state index in [4.69, 9.17) is 5.73 Å². The second kappa shape index (κ2) is 8.53. The van der Waals surface area contributed by atoms with Crippen LogP contribution in [-0.2, 0) is 4.79 Å². The maximum Gasteiger partial charge on any atom is 0.236 e. The van der Waals surface area contributed by atoms with Crippen molar-refractivity contribution in [2.75, 3.05) is 27.2 Å².